The predicted molar refractivity (Wildman–Crippen MR) is 94.7 cm³/mol. The molecule has 2 aromatic carbocycles. The highest BCUT2D eigenvalue weighted by Gasteiger charge is 2.30. The van der Waals surface area contributed by atoms with Crippen LogP contribution in [-0.4, -0.2) is 21.7 Å². The van der Waals surface area contributed by atoms with Crippen molar-refractivity contribution in [3.8, 4) is 5.69 Å². The number of benzene rings is 2. The summed E-state index contributed by atoms with van der Waals surface area (Å²) < 4.78 is 39.6. The zero-order valence-electron chi connectivity index (χ0n) is 13.6. The number of hydrogen-bond donors (Lipinski definition) is 1. The van der Waals surface area contributed by atoms with Gasteiger partial charge in [-0.2, -0.15) is 13.2 Å². The Morgan fingerprint density at radius 3 is 2.46 bits per heavy atom. The molecule has 0 atom stereocenters. The number of nitrogens with one attached hydrogen (secondary N) is 1. The van der Waals surface area contributed by atoms with Gasteiger partial charge < -0.3 is 9.88 Å². The zero-order valence-corrected chi connectivity index (χ0v) is 14.4. The number of amides is 1. The number of aromatic nitrogens is 2. The van der Waals surface area contributed by atoms with Gasteiger partial charge in [0.1, 0.15) is 0 Å². The molecule has 26 heavy (non-hydrogen) atoms. The van der Waals surface area contributed by atoms with Gasteiger partial charge in [0, 0.05) is 28.5 Å². The van der Waals surface area contributed by atoms with Crippen LogP contribution >= 0.6 is 11.8 Å². The fourth-order valence-corrected chi connectivity index (χ4v) is 3.01. The number of halogens is 3. The van der Waals surface area contributed by atoms with E-state index in [1.54, 1.807) is 36.9 Å². The SMILES string of the molecule is CSc1cc(C(=O)Nc2ccc(C(F)(F)F)cc2)ccc1-n1ccnc1. The lowest BCUT2D eigenvalue weighted by Crippen LogP contribution is -2.13. The van der Waals surface area contributed by atoms with Crippen molar-refractivity contribution < 1.29 is 18.0 Å². The molecule has 0 saturated carbocycles. The molecule has 0 spiro atoms. The van der Waals surface area contributed by atoms with Gasteiger partial charge in [0.15, 0.2) is 0 Å². The standard InChI is InChI=1S/C18H14F3N3OS/c1-26-16-10-12(2-7-15(16)24-9-8-22-11-24)17(25)23-14-5-3-13(4-6-14)18(19,20)21/h2-11H,1H3,(H,23,25). The highest BCUT2D eigenvalue weighted by molar-refractivity contribution is 7.98. The van der Waals surface area contributed by atoms with Crippen LogP contribution in [0.5, 0.6) is 0 Å². The number of anilines is 1. The number of nitrogens with zero attached hydrogens (tertiary/aromatic N) is 2. The van der Waals surface area contributed by atoms with E-state index in [0.717, 1.165) is 22.7 Å². The van der Waals surface area contributed by atoms with Gasteiger partial charge in [-0.05, 0) is 48.7 Å². The van der Waals surface area contributed by atoms with Crippen LogP contribution in [-0.2, 0) is 6.18 Å². The van der Waals surface area contributed by atoms with E-state index in [2.05, 4.69) is 10.3 Å². The van der Waals surface area contributed by atoms with Crippen molar-refractivity contribution in [3.63, 3.8) is 0 Å². The van der Waals surface area contributed by atoms with E-state index < -0.39 is 17.6 Å². The Kier molecular flexibility index (Phi) is 5.03. The van der Waals surface area contributed by atoms with Crippen molar-refractivity contribution >= 4 is 23.4 Å². The summed E-state index contributed by atoms with van der Waals surface area (Å²) in [6, 6.07) is 9.53. The number of carbonyl (C=O) groups excluding carboxylic acids is 1. The monoisotopic (exact) mass is 377 g/mol. The van der Waals surface area contributed by atoms with E-state index in [1.165, 1.54) is 23.9 Å². The second-order valence-electron chi connectivity index (χ2n) is 5.39. The molecular weight excluding hydrogens is 363 g/mol. The molecule has 3 aromatic rings. The third-order valence-electron chi connectivity index (χ3n) is 3.69. The quantitative estimate of drug-likeness (QED) is 0.660. The summed E-state index contributed by atoms with van der Waals surface area (Å²) in [5.74, 6) is -0.391. The van der Waals surface area contributed by atoms with Crippen molar-refractivity contribution in [2.45, 2.75) is 11.1 Å². The van der Waals surface area contributed by atoms with Crippen molar-refractivity contribution in [2.24, 2.45) is 0 Å². The number of imidazole rings is 1. The van der Waals surface area contributed by atoms with E-state index in [9.17, 15) is 18.0 Å². The summed E-state index contributed by atoms with van der Waals surface area (Å²) in [5, 5.41) is 2.61. The average molecular weight is 377 g/mol. The second kappa shape index (κ2) is 7.25. The molecule has 0 aliphatic carbocycles. The molecule has 3 rings (SSSR count). The van der Waals surface area contributed by atoms with E-state index in [0.29, 0.717) is 11.3 Å². The minimum absolute atomic E-state index is 0.299. The first-order valence-corrected chi connectivity index (χ1v) is 8.76. The van der Waals surface area contributed by atoms with Crippen molar-refractivity contribution in [3.05, 3.63) is 72.3 Å². The third-order valence-corrected chi connectivity index (χ3v) is 4.46. The summed E-state index contributed by atoms with van der Waals surface area (Å²) in [5.41, 5.74) is 0.844. The molecule has 4 nitrogen and oxygen atoms in total. The van der Waals surface area contributed by atoms with Crippen molar-refractivity contribution in [2.75, 3.05) is 11.6 Å². The third kappa shape index (κ3) is 3.91. The molecule has 1 amide bonds. The first-order chi connectivity index (χ1) is 12.4. The van der Waals surface area contributed by atoms with Crippen LogP contribution in [0.4, 0.5) is 18.9 Å². The molecular formula is C18H14F3N3OS. The molecule has 134 valence electrons. The van der Waals surface area contributed by atoms with Gasteiger partial charge in [0.05, 0.1) is 17.6 Å². The lowest BCUT2D eigenvalue weighted by atomic mass is 10.1. The van der Waals surface area contributed by atoms with Crippen LogP contribution in [0.1, 0.15) is 15.9 Å². The smallest absolute Gasteiger partial charge is 0.322 e. The largest absolute Gasteiger partial charge is 0.416 e. The number of hydrogen-bond acceptors (Lipinski definition) is 3. The van der Waals surface area contributed by atoms with Crippen LogP contribution in [0, 0.1) is 0 Å². The van der Waals surface area contributed by atoms with Crippen LogP contribution in [0.3, 0.4) is 0 Å². The topological polar surface area (TPSA) is 46.9 Å². The predicted octanol–water partition coefficient (Wildman–Crippen LogP) is 4.87. The van der Waals surface area contributed by atoms with Gasteiger partial charge in [-0.15, -0.1) is 11.8 Å². The van der Waals surface area contributed by atoms with Gasteiger partial charge >= 0.3 is 6.18 Å². The first kappa shape index (κ1) is 18.1. The lowest BCUT2D eigenvalue weighted by Gasteiger charge is -2.12. The highest BCUT2D eigenvalue weighted by atomic mass is 32.2. The van der Waals surface area contributed by atoms with Crippen LogP contribution in [0.15, 0.2) is 66.1 Å². The molecule has 1 heterocycles. The summed E-state index contributed by atoms with van der Waals surface area (Å²) >= 11 is 1.48. The fraction of sp³-hybridized carbons (Fsp3) is 0.111. The van der Waals surface area contributed by atoms with E-state index >= 15 is 0 Å². The molecule has 0 unspecified atom stereocenters. The Bertz CT molecular complexity index is 906. The van der Waals surface area contributed by atoms with Crippen LogP contribution < -0.4 is 5.32 Å². The molecule has 0 bridgehead atoms. The Morgan fingerprint density at radius 2 is 1.88 bits per heavy atom. The van der Waals surface area contributed by atoms with Crippen LogP contribution in [0.2, 0.25) is 0 Å². The van der Waals surface area contributed by atoms with E-state index in [1.807, 2.05) is 10.8 Å². The number of carbonyl (C=O) groups is 1. The molecule has 1 aromatic heterocycles. The maximum atomic E-state index is 12.6. The van der Waals surface area contributed by atoms with Crippen molar-refractivity contribution in [1.82, 2.24) is 9.55 Å². The Morgan fingerprint density at radius 1 is 1.15 bits per heavy atom. The maximum absolute atomic E-state index is 12.6. The fourth-order valence-electron chi connectivity index (χ4n) is 2.38. The Hall–Kier alpha value is -2.74. The minimum Gasteiger partial charge on any atom is -0.322 e. The van der Waals surface area contributed by atoms with Crippen LogP contribution in [0.25, 0.3) is 5.69 Å². The number of alkyl halides is 3. The number of rotatable bonds is 4. The Balaban J connectivity index is 1.80. The highest BCUT2D eigenvalue weighted by Crippen LogP contribution is 2.30. The van der Waals surface area contributed by atoms with Gasteiger partial charge in [0.2, 0.25) is 0 Å². The van der Waals surface area contributed by atoms with E-state index in [-0.39, 0.29) is 0 Å². The molecule has 8 heteroatoms. The zero-order chi connectivity index (χ0) is 18.7. The normalized spacial score (nSPS) is 11.4. The van der Waals surface area contributed by atoms with Gasteiger partial charge in [-0.1, -0.05) is 0 Å². The van der Waals surface area contributed by atoms with Gasteiger partial charge in [0.25, 0.3) is 5.91 Å². The minimum atomic E-state index is -4.40. The summed E-state index contributed by atoms with van der Waals surface area (Å²) in [7, 11) is 0. The van der Waals surface area contributed by atoms with Crippen molar-refractivity contribution in [1.29, 1.82) is 0 Å². The molecule has 0 fully saturated rings. The molecule has 1 N–H and O–H groups in total. The maximum Gasteiger partial charge on any atom is 0.416 e. The summed E-state index contributed by atoms with van der Waals surface area (Å²) in [4.78, 5) is 17.3. The summed E-state index contributed by atoms with van der Waals surface area (Å²) in [6.45, 7) is 0. The first-order valence-electron chi connectivity index (χ1n) is 7.53. The summed E-state index contributed by atoms with van der Waals surface area (Å²) in [6.07, 6.45) is 2.62. The molecule has 0 saturated heterocycles. The number of thioether (sulfide) groups is 1. The lowest BCUT2D eigenvalue weighted by molar-refractivity contribution is -0.137. The Labute approximate surface area is 152 Å². The van der Waals surface area contributed by atoms with E-state index in [4.69, 9.17) is 0 Å². The average Bonchev–Trinajstić information content (AvgIpc) is 3.15. The molecule has 0 radical (unpaired) electrons. The molecule has 0 aliphatic heterocycles. The molecule has 0 aliphatic rings. The second-order valence-corrected chi connectivity index (χ2v) is 6.23. The van der Waals surface area contributed by atoms with Gasteiger partial charge in [-0.25, -0.2) is 4.98 Å². The van der Waals surface area contributed by atoms with Gasteiger partial charge in [-0.3, -0.25) is 4.79 Å².